The first-order chi connectivity index (χ1) is 14.1. The Hall–Kier alpha value is -1.36. The van der Waals surface area contributed by atoms with Crippen molar-refractivity contribution in [2.24, 2.45) is 4.99 Å². The molecule has 0 radical (unpaired) electrons. The van der Waals surface area contributed by atoms with Gasteiger partial charge >= 0.3 is 0 Å². The molecule has 1 fully saturated rings. The van der Waals surface area contributed by atoms with Crippen molar-refractivity contribution in [2.45, 2.75) is 26.5 Å². The van der Waals surface area contributed by atoms with Gasteiger partial charge in [-0.05, 0) is 31.5 Å². The van der Waals surface area contributed by atoms with Crippen molar-refractivity contribution in [3.8, 4) is 0 Å². The summed E-state index contributed by atoms with van der Waals surface area (Å²) in [6, 6.07) is 9.76. The highest BCUT2D eigenvalue weighted by molar-refractivity contribution is 14.0. The van der Waals surface area contributed by atoms with Gasteiger partial charge in [-0.3, -0.25) is 9.89 Å². The molecule has 30 heavy (non-hydrogen) atoms. The normalized spacial score (nSPS) is 16.3. The number of hydrogen-bond acceptors (Lipinski definition) is 5. The smallest absolute Gasteiger partial charge is 0.194 e. The van der Waals surface area contributed by atoms with E-state index in [0.29, 0.717) is 11.6 Å². The number of aromatic nitrogens is 1. The van der Waals surface area contributed by atoms with Crippen LogP contribution in [0.25, 0.3) is 0 Å². The fraction of sp³-hybridized carbons (Fsp3) is 0.524. The number of nitrogens with one attached hydrogen (secondary N) is 1. The van der Waals surface area contributed by atoms with Gasteiger partial charge in [0.05, 0.1) is 12.2 Å². The molecule has 0 aliphatic carbocycles. The van der Waals surface area contributed by atoms with E-state index in [4.69, 9.17) is 25.9 Å². The van der Waals surface area contributed by atoms with Crippen molar-refractivity contribution >= 4 is 41.5 Å². The fourth-order valence-electron chi connectivity index (χ4n) is 3.46. The molecule has 1 aliphatic heterocycles. The molecule has 0 bridgehead atoms. The zero-order valence-electron chi connectivity index (χ0n) is 17.8. The van der Waals surface area contributed by atoms with Crippen LogP contribution in [-0.2, 0) is 11.3 Å². The van der Waals surface area contributed by atoms with Gasteiger partial charge in [0.25, 0.3) is 0 Å². The molecular weight excluding hydrogens is 517 g/mol. The third-order valence-corrected chi connectivity index (χ3v) is 5.22. The van der Waals surface area contributed by atoms with Crippen molar-refractivity contribution in [3.63, 3.8) is 0 Å². The van der Waals surface area contributed by atoms with E-state index in [1.165, 1.54) is 0 Å². The molecular formula is C21H31ClIN5O2. The standard InChI is InChI=1S/C21H30ClN5O2.HI/c1-4-23-21(24-14-20(28-3)17-6-5-7-18(22)13-17)27-10-8-26(9-11-27)15-19-12-16(2)29-25-19;/h5-7,12-13,20H,4,8-11,14-15H2,1-3H3,(H,23,24);1H. The highest BCUT2D eigenvalue weighted by atomic mass is 127. The van der Waals surface area contributed by atoms with E-state index < -0.39 is 0 Å². The van der Waals surface area contributed by atoms with Crippen LogP contribution in [0.1, 0.15) is 30.0 Å². The van der Waals surface area contributed by atoms with E-state index in [2.05, 4.69) is 27.2 Å². The Balaban J connectivity index is 0.00000320. The number of aryl methyl sites for hydroxylation is 1. The number of rotatable bonds is 7. The fourth-order valence-corrected chi connectivity index (χ4v) is 3.66. The van der Waals surface area contributed by atoms with E-state index in [0.717, 1.165) is 62.2 Å². The first-order valence-corrected chi connectivity index (χ1v) is 10.4. The van der Waals surface area contributed by atoms with E-state index in [-0.39, 0.29) is 30.1 Å². The van der Waals surface area contributed by atoms with E-state index in [1.54, 1.807) is 7.11 Å². The second-order valence-electron chi connectivity index (χ2n) is 7.17. The Morgan fingerprint density at radius 2 is 2.07 bits per heavy atom. The highest BCUT2D eigenvalue weighted by Gasteiger charge is 2.21. The lowest BCUT2D eigenvalue weighted by Gasteiger charge is -2.36. The molecule has 0 amide bonds. The minimum atomic E-state index is -0.126. The molecule has 1 aromatic heterocycles. The van der Waals surface area contributed by atoms with Crippen LogP contribution < -0.4 is 5.32 Å². The van der Waals surface area contributed by atoms with Crippen LogP contribution in [0.15, 0.2) is 39.8 Å². The minimum absolute atomic E-state index is 0. The third kappa shape index (κ3) is 7.11. The molecule has 1 saturated heterocycles. The predicted molar refractivity (Wildman–Crippen MR) is 131 cm³/mol. The molecule has 1 aromatic carbocycles. The number of ether oxygens (including phenoxy) is 1. The molecule has 2 heterocycles. The summed E-state index contributed by atoms with van der Waals surface area (Å²) in [4.78, 5) is 9.54. The van der Waals surface area contributed by atoms with Gasteiger partial charge in [0.2, 0.25) is 0 Å². The van der Waals surface area contributed by atoms with Crippen LogP contribution in [0.3, 0.4) is 0 Å². The average molecular weight is 548 g/mol. The second-order valence-corrected chi connectivity index (χ2v) is 7.60. The molecule has 3 rings (SSSR count). The third-order valence-electron chi connectivity index (χ3n) is 4.98. The Morgan fingerprint density at radius 1 is 1.30 bits per heavy atom. The molecule has 7 nitrogen and oxygen atoms in total. The lowest BCUT2D eigenvalue weighted by atomic mass is 10.1. The summed E-state index contributed by atoms with van der Waals surface area (Å²) in [6.07, 6.45) is -0.126. The quantitative estimate of drug-likeness (QED) is 0.324. The number of benzene rings is 1. The average Bonchev–Trinajstić information content (AvgIpc) is 3.13. The Labute approximate surface area is 200 Å². The van der Waals surface area contributed by atoms with Crippen LogP contribution >= 0.6 is 35.6 Å². The van der Waals surface area contributed by atoms with Crippen LogP contribution in [0.5, 0.6) is 0 Å². The Bertz CT molecular complexity index is 808. The van der Waals surface area contributed by atoms with Gasteiger partial charge in [0, 0.05) is 57.5 Å². The summed E-state index contributed by atoms with van der Waals surface area (Å²) in [5, 5.41) is 8.22. The maximum absolute atomic E-state index is 6.13. The predicted octanol–water partition coefficient (Wildman–Crippen LogP) is 3.73. The number of aliphatic imine (C=N–C) groups is 1. The van der Waals surface area contributed by atoms with Crippen molar-refractivity contribution in [1.29, 1.82) is 0 Å². The minimum Gasteiger partial charge on any atom is -0.375 e. The summed E-state index contributed by atoms with van der Waals surface area (Å²) in [7, 11) is 1.71. The van der Waals surface area contributed by atoms with Crippen molar-refractivity contribution in [1.82, 2.24) is 20.3 Å². The summed E-state index contributed by atoms with van der Waals surface area (Å²) in [5.41, 5.74) is 2.02. The summed E-state index contributed by atoms with van der Waals surface area (Å²) >= 11 is 6.13. The largest absolute Gasteiger partial charge is 0.375 e. The molecule has 9 heteroatoms. The van der Waals surface area contributed by atoms with Gasteiger partial charge in [0.1, 0.15) is 11.9 Å². The van der Waals surface area contributed by atoms with E-state index >= 15 is 0 Å². The molecule has 0 spiro atoms. The lowest BCUT2D eigenvalue weighted by molar-refractivity contribution is 0.110. The zero-order valence-corrected chi connectivity index (χ0v) is 20.9. The SMILES string of the molecule is CCNC(=NCC(OC)c1cccc(Cl)c1)N1CCN(Cc2cc(C)on2)CC1.I. The van der Waals surface area contributed by atoms with Crippen molar-refractivity contribution in [3.05, 3.63) is 52.4 Å². The lowest BCUT2D eigenvalue weighted by Crippen LogP contribution is -2.52. The number of piperazine rings is 1. The number of guanidine groups is 1. The van der Waals surface area contributed by atoms with Gasteiger partial charge in [-0.25, -0.2) is 0 Å². The van der Waals surface area contributed by atoms with Crippen LogP contribution in [-0.4, -0.2) is 67.3 Å². The number of hydrogen-bond donors (Lipinski definition) is 1. The van der Waals surface area contributed by atoms with Gasteiger partial charge in [-0.1, -0.05) is 28.9 Å². The van der Waals surface area contributed by atoms with Crippen LogP contribution in [0, 0.1) is 6.92 Å². The second kappa shape index (κ2) is 12.5. The molecule has 166 valence electrons. The van der Waals surface area contributed by atoms with E-state index in [9.17, 15) is 0 Å². The number of halogens is 2. The summed E-state index contributed by atoms with van der Waals surface area (Å²) in [5.74, 6) is 1.78. The van der Waals surface area contributed by atoms with Gasteiger partial charge in [-0.2, -0.15) is 0 Å². The van der Waals surface area contributed by atoms with Gasteiger partial charge < -0.3 is 19.5 Å². The monoisotopic (exact) mass is 547 g/mol. The first kappa shape index (κ1) is 24.9. The first-order valence-electron chi connectivity index (χ1n) is 10.0. The topological polar surface area (TPSA) is 66.1 Å². The molecule has 1 N–H and O–H groups in total. The van der Waals surface area contributed by atoms with Crippen molar-refractivity contribution < 1.29 is 9.26 Å². The zero-order chi connectivity index (χ0) is 20.6. The molecule has 2 aromatic rings. The molecule has 1 atom stereocenters. The van der Waals surface area contributed by atoms with Crippen LogP contribution in [0.4, 0.5) is 0 Å². The summed E-state index contributed by atoms with van der Waals surface area (Å²) in [6.45, 7) is 9.93. The Morgan fingerprint density at radius 3 is 2.67 bits per heavy atom. The van der Waals surface area contributed by atoms with E-state index in [1.807, 2.05) is 37.3 Å². The van der Waals surface area contributed by atoms with Gasteiger partial charge in [0.15, 0.2) is 5.96 Å². The number of methoxy groups -OCH3 is 1. The number of nitrogens with zero attached hydrogens (tertiary/aromatic N) is 4. The molecule has 1 unspecified atom stereocenters. The van der Waals surface area contributed by atoms with Gasteiger partial charge in [-0.15, -0.1) is 24.0 Å². The van der Waals surface area contributed by atoms with Crippen molar-refractivity contribution in [2.75, 3.05) is 46.4 Å². The molecule has 1 aliphatic rings. The maximum atomic E-state index is 6.13. The Kier molecular flexibility index (Phi) is 10.4. The van der Waals surface area contributed by atoms with Crippen LogP contribution in [0.2, 0.25) is 5.02 Å². The molecule has 0 saturated carbocycles. The highest BCUT2D eigenvalue weighted by Crippen LogP contribution is 2.21. The maximum Gasteiger partial charge on any atom is 0.194 e. The summed E-state index contributed by atoms with van der Waals surface area (Å²) < 4.78 is 10.8.